The fourth-order valence-electron chi connectivity index (χ4n) is 3.58. The number of ether oxygens (including phenoxy) is 2. The minimum Gasteiger partial charge on any atom is -0.489 e. The molecule has 7 nitrogen and oxygen atoms in total. The number of nitriles is 1. The normalized spacial score (nSPS) is 11.7. The molecule has 0 radical (unpaired) electrons. The quantitative estimate of drug-likeness (QED) is 0.314. The van der Waals surface area contributed by atoms with E-state index in [2.05, 4.69) is 16.0 Å². The van der Waals surface area contributed by atoms with Crippen molar-refractivity contribution in [3.05, 3.63) is 81.4 Å². The number of nitrogens with zero attached hydrogens (tertiary/aromatic N) is 3. The Kier molecular flexibility index (Phi) is 8.83. The maximum Gasteiger partial charge on any atom is 0.155 e. The van der Waals surface area contributed by atoms with Crippen LogP contribution in [0.3, 0.4) is 0 Å². The Morgan fingerprint density at radius 2 is 1.81 bits per heavy atom. The van der Waals surface area contributed by atoms with Gasteiger partial charge < -0.3 is 9.47 Å². The van der Waals surface area contributed by atoms with Gasteiger partial charge in [0.2, 0.25) is 0 Å². The molecule has 3 rings (SSSR count). The molecule has 2 aromatic carbocycles. The van der Waals surface area contributed by atoms with E-state index < -0.39 is 15.3 Å². The highest BCUT2D eigenvalue weighted by molar-refractivity contribution is 7.89. The molecule has 0 saturated carbocycles. The molecule has 36 heavy (non-hydrogen) atoms. The first kappa shape index (κ1) is 27.7. The van der Waals surface area contributed by atoms with Crippen LogP contribution in [0.2, 0.25) is 5.02 Å². The van der Waals surface area contributed by atoms with Gasteiger partial charge in [0, 0.05) is 17.9 Å². The number of benzene rings is 2. The van der Waals surface area contributed by atoms with Crippen molar-refractivity contribution in [3.8, 4) is 17.6 Å². The smallest absolute Gasteiger partial charge is 0.155 e. The van der Waals surface area contributed by atoms with Crippen LogP contribution in [-0.4, -0.2) is 37.1 Å². The molecular weight excluding hydrogens is 521 g/mol. The van der Waals surface area contributed by atoms with E-state index in [-0.39, 0.29) is 24.8 Å². The van der Waals surface area contributed by atoms with E-state index in [1.54, 1.807) is 12.3 Å². The van der Waals surface area contributed by atoms with Crippen molar-refractivity contribution in [1.82, 2.24) is 9.97 Å². The highest BCUT2D eigenvalue weighted by atomic mass is 35.5. The summed E-state index contributed by atoms with van der Waals surface area (Å²) in [5.74, 6) is 1.29. The van der Waals surface area contributed by atoms with Crippen LogP contribution < -0.4 is 9.47 Å². The van der Waals surface area contributed by atoms with E-state index in [4.69, 9.17) is 32.7 Å². The Bertz CT molecular complexity index is 1390. The number of sulfone groups is 1. The topological polar surface area (TPSA) is 102 Å². The van der Waals surface area contributed by atoms with E-state index in [1.165, 1.54) is 0 Å². The number of rotatable bonds is 10. The van der Waals surface area contributed by atoms with E-state index in [0.717, 1.165) is 22.9 Å². The van der Waals surface area contributed by atoms with Crippen molar-refractivity contribution >= 4 is 33.0 Å². The zero-order valence-electron chi connectivity index (χ0n) is 20.5. The van der Waals surface area contributed by atoms with Crippen molar-refractivity contribution in [3.63, 3.8) is 0 Å². The number of aryl methyl sites for hydroxylation is 1. The molecule has 0 spiro atoms. The average Bonchev–Trinajstić information content (AvgIpc) is 2.82. The van der Waals surface area contributed by atoms with E-state index >= 15 is 0 Å². The molecule has 0 fully saturated rings. The Balaban J connectivity index is 1.78. The maximum absolute atomic E-state index is 11.6. The van der Waals surface area contributed by atoms with Crippen molar-refractivity contribution in [2.75, 3.05) is 18.7 Å². The highest BCUT2D eigenvalue weighted by Crippen LogP contribution is 2.38. The monoisotopic (exact) mass is 547 g/mol. The Morgan fingerprint density at radius 1 is 1.11 bits per heavy atom. The molecule has 0 N–H and O–H groups in total. The van der Waals surface area contributed by atoms with Gasteiger partial charge in [-0.1, -0.05) is 37.6 Å². The minimum atomic E-state index is -3.23. The van der Waals surface area contributed by atoms with E-state index in [9.17, 15) is 13.7 Å². The molecule has 190 valence electrons. The molecule has 1 heterocycles. The van der Waals surface area contributed by atoms with Gasteiger partial charge in [0.1, 0.15) is 36.6 Å². The fourth-order valence-corrected chi connectivity index (χ4v) is 4.54. The molecular formula is C26H27Cl2N3O4S. The van der Waals surface area contributed by atoms with Crippen LogP contribution in [0.4, 0.5) is 0 Å². The average molecular weight is 548 g/mol. The lowest BCUT2D eigenvalue weighted by Crippen LogP contribution is -2.19. The number of alkyl halides is 1. The van der Waals surface area contributed by atoms with Gasteiger partial charge in [-0.05, 0) is 47.9 Å². The first-order chi connectivity index (χ1) is 16.9. The summed E-state index contributed by atoms with van der Waals surface area (Å²) in [6.45, 7) is 6.37. The summed E-state index contributed by atoms with van der Waals surface area (Å²) in [7, 11) is -3.23. The molecule has 1 aromatic heterocycles. The van der Waals surface area contributed by atoms with Crippen LogP contribution in [0.1, 0.15) is 47.6 Å². The van der Waals surface area contributed by atoms with Gasteiger partial charge in [-0.3, -0.25) is 0 Å². The van der Waals surface area contributed by atoms with Crippen molar-refractivity contribution in [2.45, 2.75) is 38.5 Å². The summed E-state index contributed by atoms with van der Waals surface area (Å²) in [4.78, 5) is 8.44. The molecule has 0 aliphatic carbocycles. The molecule has 0 aliphatic rings. The second-order valence-corrected chi connectivity index (χ2v) is 11.8. The van der Waals surface area contributed by atoms with Crippen molar-refractivity contribution in [2.24, 2.45) is 0 Å². The number of hydrogen-bond donors (Lipinski definition) is 0. The second-order valence-electron chi connectivity index (χ2n) is 8.91. The SMILES string of the molecule is Cc1cnc(CS(C)(=O)=O)nc1COc1ccc(C(C)(C)c2cc(Cl)c(OCCCl)c(C#N)c2)cc1. The molecule has 10 heteroatoms. The van der Waals surface area contributed by atoms with Crippen molar-refractivity contribution < 1.29 is 17.9 Å². The van der Waals surface area contributed by atoms with E-state index in [1.807, 2.05) is 51.1 Å². The first-order valence-electron chi connectivity index (χ1n) is 11.1. The largest absolute Gasteiger partial charge is 0.489 e. The van der Waals surface area contributed by atoms with Gasteiger partial charge in [0.25, 0.3) is 0 Å². The molecule has 0 bridgehead atoms. The lowest BCUT2D eigenvalue weighted by atomic mass is 9.77. The summed E-state index contributed by atoms with van der Waals surface area (Å²) in [6, 6.07) is 13.4. The molecule has 0 saturated heterocycles. The first-order valence-corrected chi connectivity index (χ1v) is 14.1. The lowest BCUT2D eigenvalue weighted by molar-refractivity contribution is 0.299. The highest BCUT2D eigenvalue weighted by Gasteiger charge is 2.26. The molecule has 0 atom stereocenters. The van der Waals surface area contributed by atoms with E-state index in [0.29, 0.717) is 33.7 Å². The maximum atomic E-state index is 11.6. The zero-order valence-corrected chi connectivity index (χ0v) is 22.8. The van der Waals surface area contributed by atoms with Gasteiger partial charge in [-0.15, -0.1) is 11.6 Å². The summed E-state index contributed by atoms with van der Waals surface area (Å²) in [5.41, 5.74) is 3.20. The second kappa shape index (κ2) is 11.5. The van der Waals surface area contributed by atoms with Crippen LogP contribution >= 0.6 is 23.2 Å². The van der Waals surface area contributed by atoms with Gasteiger partial charge in [0.15, 0.2) is 15.6 Å². The number of aromatic nitrogens is 2. The Morgan fingerprint density at radius 3 is 2.42 bits per heavy atom. The van der Waals surface area contributed by atoms with Crippen LogP contribution in [0.15, 0.2) is 42.6 Å². The predicted octanol–water partition coefficient (Wildman–Crippen LogP) is 5.38. The third-order valence-corrected chi connectivity index (χ3v) is 6.90. The van der Waals surface area contributed by atoms with Crippen LogP contribution in [0, 0.1) is 18.3 Å². The third-order valence-electron chi connectivity index (χ3n) is 5.68. The molecule has 3 aromatic rings. The lowest BCUT2D eigenvalue weighted by Gasteiger charge is -2.27. The zero-order chi connectivity index (χ0) is 26.5. The third kappa shape index (κ3) is 6.88. The van der Waals surface area contributed by atoms with Crippen LogP contribution in [0.25, 0.3) is 0 Å². The molecule has 0 unspecified atom stereocenters. The Hall–Kier alpha value is -2.86. The van der Waals surface area contributed by atoms with Gasteiger partial charge in [-0.2, -0.15) is 5.26 Å². The molecule has 0 amide bonds. The van der Waals surface area contributed by atoms with Crippen molar-refractivity contribution in [1.29, 1.82) is 5.26 Å². The van der Waals surface area contributed by atoms with Crippen LogP contribution in [-0.2, 0) is 27.6 Å². The molecule has 0 aliphatic heterocycles. The summed E-state index contributed by atoms with van der Waals surface area (Å²) in [6.07, 6.45) is 2.75. The number of halogens is 2. The predicted molar refractivity (Wildman–Crippen MR) is 141 cm³/mol. The van der Waals surface area contributed by atoms with Gasteiger partial charge in [-0.25, -0.2) is 18.4 Å². The standard InChI is InChI=1S/C26H27Cl2N3O4S/c1-17-14-30-24(16-36(4,32)33)31-23(17)15-35-21-7-5-19(6-8-21)26(2,3)20-11-18(13-29)25(22(28)12-20)34-10-9-27/h5-8,11-12,14H,9-10,15-16H2,1-4H3. The fraction of sp³-hybridized carbons (Fsp3) is 0.346. The van der Waals surface area contributed by atoms with Gasteiger partial charge in [0.05, 0.1) is 22.2 Å². The minimum absolute atomic E-state index is 0.179. The summed E-state index contributed by atoms with van der Waals surface area (Å²) >= 11 is 12.1. The Labute approximate surface area is 221 Å². The summed E-state index contributed by atoms with van der Waals surface area (Å²) in [5, 5.41) is 9.97. The number of hydrogen-bond acceptors (Lipinski definition) is 7. The summed E-state index contributed by atoms with van der Waals surface area (Å²) < 4.78 is 34.6. The van der Waals surface area contributed by atoms with Gasteiger partial charge >= 0.3 is 0 Å². The van der Waals surface area contributed by atoms with Crippen LogP contribution in [0.5, 0.6) is 11.5 Å².